The zero-order chi connectivity index (χ0) is 12.7. The summed E-state index contributed by atoms with van der Waals surface area (Å²) in [6.45, 7) is 2.73. The van der Waals surface area contributed by atoms with Crippen molar-refractivity contribution >= 4 is 11.9 Å². The molecule has 2 atom stereocenters. The average molecular weight is 241 g/mol. The fourth-order valence-electron chi connectivity index (χ4n) is 2.55. The zero-order valence-corrected chi connectivity index (χ0v) is 10.6. The molecule has 0 aromatic carbocycles. The van der Waals surface area contributed by atoms with Crippen LogP contribution >= 0.6 is 0 Å². The number of carbonyl (C=O) groups excluding carboxylic acids is 1. The Balaban J connectivity index is 2.09. The summed E-state index contributed by atoms with van der Waals surface area (Å²) >= 11 is 0. The molecular weight excluding hydrogens is 218 g/mol. The van der Waals surface area contributed by atoms with E-state index in [1.807, 2.05) is 0 Å². The molecule has 0 bridgehead atoms. The molecule has 0 spiro atoms. The summed E-state index contributed by atoms with van der Waals surface area (Å²) in [5, 5.41) is 11.3. The lowest BCUT2D eigenvalue weighted by molar-refractivity contribution is -0.137. The first-order chi connectivity index (χ1) is 8.08. The second-order valence-electron chi connectivity index (χ2n) is 5.19. The fourth-order valence-corrected chi connectivity index (χ4v) is 2.55. The summed E-state index contributed by atoms with van der Waals surface area (Å²) in [5.41, 5.74) is 0. The number of aliphatic carboxylic acids is 1. The molecule has 17 heavy (non-hydrogen) atoms. The predicted octanol–water partition coefficient (Wildman–Crippen LogP) is 2.18. The Labute approximate surface area is 103 Å². The standard InChI is InChI=1S/C13H23NO3/c1-10-4-2-5-11(8-10)9-12(15)14-7-3-6-13(16)17/h10-11H,2-9H2,1H3,(H,14,15)(H,16,17)/t10-,11+/m1/s1. The molecule has 0 unspecified atom stereocenters. The van der Waals surface area contributed by atoms with Crippen LogP contribution in [0.5, 0.6) is 0 Å². The number of hydrogen-bond acceptors (Lipinski definition) is 2. The molecule has 0 heterocycles. The van der Waals surface area contributed by atoms with E-state index in [0.29, 0.717) is 25.3 Å². The lowest BCUT2D eigenvalue weighted by Gasteiger charge is -2.26. The molecule has 98 valence electrons. The van der Waals surface area contributed by atoms with Gasteiger partial charge < -0.3 is 10.4 Å². The molecule has 1 fully saturated rings. The van der Waals surface area contributed by atoms with E-state index in [0.717, 1.165) is 18.8 Å². The molecule has 2 N–H and O–H groups in total. The van der Waals surface area contributed by atoms with Gasteiger partial charge in [0.1, 0.15) is 0 Å². The molecule has 0 saturated heterocycles. The van der Waals surface area contributed by atoms with Crippen LogP contribution in [0.1, 0.15) is 51.9 Å². The number of amides is 1. The van der Waals surface area contributed by atoms with Crippen molar-refractivity contribution in [1.29, 1.82) is 0 Å². The van der Waals surface area contributed by atoms with Gasteiger partial charge in [0.2, 0.25) is 5.91 Å². The van der Waals surface area contributed by atoms with E-state index >= 15 is 0 Å². The van der Waals surface area contributed by atoms with Crippen LogP contribution in [0.4, 0.5) is 0 Å². The Morgan fingerprint density at radius 3 is 2.76 bits per heavy atom. The summed E-state index contributed by atoms with van der Waals surface area (Å²) in [7, 11) is 0. The number of carbonyl (C=O) groups is 2. The summed E-state index contributed by atoms with van der Waals surface area (Å²) in [5.74, 6) is 0.543. The maximum atomic E-state index is 11.6. The topological polar surface area (TPSA) is 66.4 Å². The highest BCUT2D eigenvalue weighted by Crippen LogP contribution is 2.30. The molecule has 1 aliphatic carbocycles. The normalized spacial score (nSPS) is 24.3. The summed E-state index contributed by atoms with van der Waals surface area (Å²) in [6, 6.07) is 0. The molecule has 1 amide bonds. The maximum absolute atomic E-state index is 11.6. The highest BCUT2D eigenvalue weighted by atomic mass is 16.4. The fraction of sp³-hybridized carbons (Fsp3) is 0.846. The van der Waals surface area contributed by atoms with Crippen molar-refractivity contribution in [1.82, 2.24) is 5.32 Å². The van der Waals surface area contributed by atoms with Crippen LogP contribution < -0.4 is 5.32 Å². The van der Waals surface area contributed by atoms with Crippen molar-refractivity contribution in [2.24, 2.45) is 11.8 Å². The van der Waals surface area contributed by atoms with Crippen LogP contribution in [0.25, 0.3) is 0 Å². The Kier molecular flexibility index (Phi) is 6.01. The lowest BCUT2D eigenvalue weighted by atomic mass is 9.81. The molecule has 0 radical (unpaired) electrons. The van der Waals surface area contributed by atoms with Crippen molar-refractivity contribution in [2.75, 3.05) is 6.54 Å². The first kappa shape index (κ1) is 14.0. The number of carboxylic acid groups (broad SMARTS) is 1. The Bertz CT molecular complexity index is 265. The zero-order valence-electron chi connectivity index (χ0n) is 10.6. The lowest BCUT2D eigenvalue weighted by Crippen LogP contribution is -2.28. The smallest absolute Gasteiger partial charge is 0.303 e. The number of hydrogen-bond donors (Lipinski definition) is 2. The van der Waals surface area contributed by atoms with E-state index in [-0.39, 0.29) is 12.3 Å². The molecule has 0 aromatic rings. The van der Waals surface area contributed by atoms with Crippen LogP contribution in [0, 0.1) is 11.8 Å². The number of carboxylic acids is 1. The van der Waals surface area contributed by atoms with Gasteiger partial charge in [0, 0.05) is 19.4 Å². The van der Waals surface area contributed by atoms with E-state index in [4.69, 9.17) is 5.11 Å². The molecule has 4 heteroatoms. The van der Waals surface area contributed by atoms with Gasteiger partial charge in [0.15, 0.2) is 0 Å². The minimum Gasteiger partial charge on any atom is -0.481 e. The summed E-state index contributed by atoms with van der Waals surface area (Å²) < 4.78 is 0. The van der Waals surface area contributed by atoms with Gasteiger partial charge >= 0.3 is 5.97 Å². The van der Waals surface area contributed by atoms with Gasteiger partial charge in [-0.2, -0.15) is 0 Å². The summed E-state index contributed by atoms with van der Waals surface area (Å²) in [4.78, 5) is 21.9. The Morgan fingerprint density at radius 1 is 1.35 bits per heavy atom. The van der Waals surface area contributed by atoms with Gasteiger partial charge in [-0.25, -0.2) is 0 Å². The second kappa shape index (κ2) is 7.30. The summed E-state index contributed by atoms with van der Waals surface area (Å²) in [6.07, 6.45) is 6.09. The molecule has 1 saturated carbocycles. The molecular formula is C13H23NO3. The highest BCUT2D eigenvalue weighted by Gasteiger charge is 2.20. The van der Waals surface area contributed by atoms with Crippen molar-refractivity contribution in [3.8, 4) is 0 Å². The Morgan fingerprint density at radius 2 is 2.12 bits per heavy atom. The van der Waals surface area contributed by atoms with E-state index in [1.54, 1.807) is 0 Å². The SMILES string of the molecule is C[C@@H]1CCC[C@H](CC(=O)NCCCC(=O)O)C1. The molecule has 1 rings (SSSR count). The monoisotopic (exact) mass is 241 g/mol. The van der Waals surface area contributed by atoms with E-state index in [2.05, 4.69) is 12.2 Å². The van der Waals surface area contributed by atoms with Gasteiger partial charge in [-0.15, -0.1) is 0 Å². The minimum absolute atomic E-state index is 0.0782. The maximum Gasteiger partial charge on any atom is 0.303 e. The van der Waals surface area contributed by atoms with Crippen LogP contribution in [0.2, 0.25) is 0 Å². The van der Waals surface area contributed by atoms with Gasteiger partial charge in [0.05, 0.1) is 0 Å². The number of nitrogens with one attached hydrogen (secondary N) is 1. The van der Waals surface area contributed by atoms with Crippen molar-refractivity contribution in [2.45, 2.75) is 51.9 Å². The first-order valence-electron chi connectivity index (χ1n) is 6.56. The van der Waals surface area contributed by atoms with Crippen molar-refractivity contribution in [3.63, 3.8) is 0 Å². The molecule has 1 aliphatic rings. The molecule has 0 aliphatic heterocycles. The largest absolute Gasteiger partial charge is 0.481 e. The highest BCUT2D eigenvalue weighted by molar-refractivity contribution is 5.76. The number of rotatable bonds is 6. The minimum atomic E-state index is -0.805. The van der Waals surface area contributed by atoms with Crippen LogP contribution in [-0.2, 0) is 9.59 Å². The third-order valence-corrected chi connectivity index (χ3v) is 3.41. The Hall–Kier alpha value is -1.06. The molecule has 0 aromatic heterocycles. The second-order valence-corrected chi connectivity index (χ2v) is 5.19. The van der Waals surface area contributed by atoms with E-state index < -0.39 is 5.97 Å². The van der Waals surface area contributed by atoms with Crippen molar-refractivity contribution in [3.05, 3.63) is 0 Å². The quantitative estimate of drug-likeness (QED) is 0.700. The average Bonchev–Trinajstić information content (AvgIpc) is 2.24. The van der Waals surface area contributed by atoms with Crippen molar-refractivity contribution < 1.29 is 14.7 Å². The predicted molar refractivity (Wildman–Crippen MR) is 65.6 cm³/mol. The van der Waals surface area contributed by atoms with Crippen LogP contribution in [0.3, 0.4) is 0 Å². The van der Waals surface area contributed by atoms with Crippen LogP contribution in [0.15, 0.2) is 0 Å². The van der Waals surface area contributed by atoms with Gasteiger partial charge in [0.25, 0.3) is 0 Å². The third-order valence-electron chi connectivity index (χ3n) is 3.41. The van der Waals surface area contributed by atoms with Crippen LogP contribution in [-0.4, -0.2) is 23.5 Å². The van der Waals surface area contributed by atoms with E-state index in [9.17, 15) is 9.59 Å². The first-order valence-corrected chi connectivity index (χ1v) is 6.56. The van der Waals surface area contributed by atoms with Gasteiger partial charge in [-0.05, 0) is 31.1 Å². The molecule has 4 nitrogen and oxygen atoms in total. The van der Waals surface area contributed by atoms with E-state index in [1.165, 1.54) is 12.8 Å². The van der Waals surface area contributed by atoms with Gasteiger partial charge in [-0.3, -0.25) is 9.59 Å². The third kappa shape index (κ3) is 6.29. The van der Waals surface area contributed by atoms with Gasteiger partial charge in [-0.1, -0.05) is 19.8 Å².